The zero-order valence-electron chi connectivity index (χ0n) is 13.6. The summed E-state index contributed by atoms with van der Waals surface area (Å²) in [5, 5.41) is 5.69. The van der Waals surface area contributed by atoms with Gasteiger partial charge < -0.3 is 10.1 Å². The summed E-state index contributed by atoms with van der Waals surface area (Å²) < 4.78 is 7.03. The molecule has 0 amide bonds. The molecule has 3 nitrogen and oxygen atoms in total. The molecule has 5 heteroatoms. The SMILES string of the molecule is CCOc1ccc(Br)cc1C(c1cc(C)cs1)N1CCNCC1. The molecule has 2 aromatic rings. The fourth-order valence-electron chi connectivity index (χ4n) is 3.09. The van der Waals surface area contributed by atoms with Crippen LogP contribution in [0.15, 0.2) is 34.1 Å². The maximum Gasteiger partial charge on any atom is 0.124 e. The minimum Gasteiger partial charge on any atom is -0.494 e. The van der Waals surface area contributed by atoms with Gasteiger partial charge in [0.2, 0.25) is 0 Å². The van der Waals surface area contributed by atoms with Gasteiger partial charge >= 0.3 is 0 Å². The number of benzene rings is 1. The highest BCUT2D eigenvalue weighted by Crippen LogP contribution is 2.39. The van der Waals surface area contributed by atoms with Crippen molar-refractivity contribution in [2.24, 2.45) is 0 Å². The lowest BCUT2D eigenvalue weighted by molar-refractivity contribution is 0.196. The van der Waals surface area contributed by atoms with Gasteiger partial charge in [0.15, 0.2) is 0 Å². The van der Waals surface area contributed by atoms with Crippen molar-refractivity contribution < 1.29 is 4.74 Å². The molecule has 1 unspecified atom stereocenters. The molecule has 1 atom stereocenters. The van der Waals surface area contributed by atoms with Gasteiger partial charge in [0, 0.05) is 41.1 Å². The van der Waals surface area contributed by atoms with Crippen LogP contribution < -0.4 is 10.1 Å². The maximum atomic E-state index is 5.93. The molecule has 2 heterocycles. The third-order valence-electron chi connectivity index (χ3n) is 4.10. The molecular formula is C18H23BrN2OS. The van der Waals surface area contributed by atoms with Gasteiger partial charge in [-0.1, -0.05) is 15.9 Å². The molecule has 1 aromatic carbocycles. The Hall–Kier alpha value is -0.880. The summed E-state index contributed by atoms with van der Waals surface area (Å²) in [6, 6.07) is 8.93. The van der Waals surface area contributed by atoms with Gasteiger partial charge in [-0.15, -0.1) is 11.3 Å². The molecule has 0 spiro atoms. The Balaban J connectivity index is 2.05. The van der Waals surface area contributed by atoms with Gasteiger partial charge in [-0.2, -0.15) is 0 Å². The normalized spacial score (nSPS) is 17.2. The lowest BCUT2D eigenvalue weighted by Crippen LogP contribution is -2.45. The second kappa shape index (κ2) is 7.79. The van der Waals surface area contributed by atoms with Crippen molar-refractivity contribution in [1.29, 1.82) is 0 Å². The van der Waals surface area contributed by atoms with Gasteiger partial charge in [0.05, 0.1) is 12.6 Å². The van der Waals surface area contributed by atoms with Crippen molar-refractivity contribution in [3.8, 4) is 5.75 Å². The molecule has 0 aliphatic carbocycles. The first-order chi connectivity index (χ1) is 11.2. The smallest absolute Gasteiger partial charge is 0.124 e. The minimum atomic E-state index is 0.259. The summed E-state index contributed by atoms with van der Waals surface area (Å²) in [5.41, 5.74) is 2.59. The Morgan fingerprint density at radius 3 is 2.74 bits per heavy atom. The van der Waals surface area contributed by atoms with E-state index in [1.807, 2.05) is 18.3 Å². The zero-order valence-corrected chi connectivity index (χ0v) is 16.0. The largest absolute Gasteiger partial charge is 0.494 e. The lowest BCUT2D eigenvalue weighted by atomic mass is 10.0. The first-order valence-electron chi connectivity index (χ1n) is 8.11. The van der Waals surface area contributed by atoms with Crippen molar-refractivity contribution in [3.05, 3.63) is 50.1 Å². The number of nitrogens with zero attached hydrogens (tertiary/aromatic N) is 1. The number of thiophene rings is 1. The summed E-state index contributed by atoms with van der Waals surface area (Å²) in [5.74, 6) is 0.991. The molecule has 0 bridgehead atoms. The van der Waals surface area contributed by atoms with Crippen molar-refractivity contribution in [2.75, 3.05) is 32.8 Å². The van der Waals surface area contributed by atoms with E-state index in [4.69, 9.17) is 4.74 Å². The van der Waals surface area contributed by atoms with Gasteiger partial charge in [0.1, 0.15) is 5.75 Å². The van der Waals surface area contributed by atoms with Crippen molar-refractivity contribution >= 4 is 27.3 Å². The predicted octanol–water partition coefficient (Wildman–Crippen LogP) is 4.21. The van der Waals surface area contributed by atoms with E-state index in [1.165, 1.54) is 16.0 Å². The Kier molecular flexibility index (Phi) is 5.75. The predicted molar refractivity (Wildman–Crippen MR) is 101 cm³/mol. The molecule has 124 valence electrons. The number of hydrogen-bond donors (Lipinski definition) is 1. The fraction of sp³-hybridized carbons (Fsp3) is 0.444. The highest BCUT2D eigenvalue weighted by atomic mass is 79.9. The molecular weight excluding hydrogens is 372 g/mol. The van der Waals surface area contributed by atoms with E-state index in [2.05, 4.69) is 62.7 Å². The number of piperazine rings is 1. The first kappa shape index (κ1) is 17.0. The molecule has 23 heavy (non-hydrogen) atoms. The van der Waals surface area contributed by atoms with Crippen LogP contribution in [0.4, 0.5) is 0 Å². The van der Waals surface area contributed by atoms with Crippen LogP contribution in [0.25, 0.3) is 0 Å². The molecule has 0 saturated carbocycles. The Morgan fingerprint density at radius 1 is 1.30 bits per heavy atom. The van der Waals surface area contributed by atoms with E-state index >= 15 is 0 Å². The number of aryl methyl sites for hydroxylation is 1. The van der Waals surface area contributed by atoms with Crippen LogP contribution in [0.2, 0.25) is 0 Å². The second-order valence-corrected chi connectivity index (χ2v) is 7.69. The van der Waals surface area contributed by atoms with Gasteiger partial charge in [-0.3, -0.25) is 4.90 Å². The molecule has 1 fully saturated rings. The average Bonchev–Trinajstić information content (AvgIpc) is 2.97. The number of rotatable bonds is 5. The molecule has 1 aromatic heterocycles. The van der Waals surface area contributed by atoms with Crippen LogP contribution in [0.3, 0.4) is 0 Å². The minimum absolute atomic E-state index is 0.259. The van der Waals surface area contributed by atoms with Crippen molar-refractivity contribution in [3.63, 3.8) is 0 Å². The Labute approximate surface area is 150 Å². The molecule has 3 rings (SSSR count). The first-order valence-corrected chi connectivity index (χ1v) is 9.78. The topological polar surface area (TPSA) is 24.5 Å². The summed E-state index contributed by atoms with van der Waals surface area (Å²) in [7, 11) is 0. The van der Waals surface area contributed by atoms with E-state index in [-0.39, 0.29) is 6.04 Å². The van der Waals surface area contributed by atoms with Gasteiger partial charge in [-0.25, -0.2) is 0 Å². The highest BCUT2D eigenvalue weighted by Gasteiger charge is 2.27. The van der Waals surface area contributed by atoms with Gasteiger partial charge in [0.25, 0.3) is 0 Å². The Morgan fingerprint density at radius 2 is 2.09 bits per heavy atom. The molecule has 0 radical (unpaired) electrons. The summed E-state index contributed by atoms with van der Waals surface area (Å²) in [6.07, 6.45) is 0. The van der Waals surface area contributed by atoms with E-state index in [0.29, 0.717) is 6.61 Å². The van der Waals surface area contributed by atoms with E-state index in [1.54, 1.807) is 0 Å². The zero-order chi connectivity index (χ0) is 16.2. The number of halogens is 1. The van der Waals surface area contributed by atoms with Crippen LogP contribution >= 0.6 is 27.3 Å². The average molecular weight is 395 g/mol. The van der Waals surface area contributed by atoms with Gasteiger partial charge in [-0.05, 0) is 49.1 Å². The standard InChI is InChI=1S/C18H23BrN2OS/c1-3-22-16-5-4-14(19)11-15(16)18(17-10-13(2)12-23-17)21-8-6-20-7-9-21/h4-5,10-12,18,20H,3,6-9H2,1-2H3. The summed E-state index contributed by atoms with van der Waals surface area (Å²) in [4.78, 5) is 3.95. The number of hydrogen-bond acceptors (Lipinski definition) is 4. The molecule has 1 saturated heterocycles. The number of nitrogens with one attached hydrogen (secondary N) is 1. The third kappa shape index (κ3) is 3.97. The van der Waals surface area contributed by atoms with Crippen LogP contribution in [0, 0.1) is 6.92 Å². The molecule has 1 aliphatic rings. The van der Waals surface area contributed by atoms with Crippen molar-refractivity contribution in [1.82, 2.24) is 10.2 Å². The third-order valence-corrected chi connectivity index (χ3v) is 5.70. The second-order valence-electron chi connectivity index (χ2n) is 5.83. The van der Waals surface area contributed by atoms with E-state index < -0.39 is 0 Å². The van der Waals surface area contributed by atoms with Crippen LogP contribution in [0.1, 0.15) is 29.0 Å². The summed E-state index contributed by atoms with van der Waals surface area (Å²) >= 11 is 5.48. The van der Waals surface area contributed by atoms with Crippen LogP contribution in [-0.4, -0.2) is 37.7 Å². The highest BCUT2D eigenvalue weighted by molar-refractivity contribution is 9.10. The fourth-order valence-corrected chi connectivity index (χ4v) is 4.51. The summed E-state index contributed by atoms with van der Waals surface area (Å²) in [6.45, 7) is 9.09. The van der Waals surface area contributed by atoms with Crippen LogP contribution in [-0.2, 0) is 0 Å². The van der Waals surface area contributed by atoms with Crippen molar-refractivity contribution in [2.45, 2.75) is 19.9 Å². The van der Waals surface area contributed by atoms with Crippen LogP contribution in [0.5, 0.6) is 5.75 Å². The maximum absolute atomic E-state index is 5.93. The quantitative estimate of drug-likeness (QED) is 0.821. The van der Waals surface area contributed by atoms with E-state index in [0.717, 1.165) is 36.4 Å². The molecule has 1 N–H and O–H groups in total. The Bertz CT molecular complexity index is 652. The number of ether oxygens (including phenoxy) is 1. The lowest BCUT2D eigenvalue weighted by Gasteiger charge is -2.35. The monoisotopic (exact) mass is 394 g/mol. The molecule has 1 aliphatic heterocycles. The van der Waals surface area contributed by atoms with E-state index in [9.17, 15) is 0 Å².